The van der Waals surface area contributed by atoms with Crippen molar-refractivity contribution in [1.29, 1.82) is 0 Å². The fraction of sp³-hybridized carbons (Fsp3) is 0.296. The van der Waals surface area contributed by atoms with Crippen molar-refractivity contribution in [2.24, 2.45) is 0 Å². The standard InChI is InChI=1S/C27H26FN3O7/c1-17(32)38-27(3)20(16-36-23(34)19-12-8-5-9-13-19)37-24(26(27,2)28)31-15-14-21(30-25(31)35)29-22(33)18-10-6-4-7-11-18/h4-15,20,24H,16H2,1-3H3,(H,29,30,33,35)/t20-,24-,26+,27+/m1/s1. The molecule has 0 bridgehead atoms. The third-order valence-electron chi connectivity index (χ3n) is 6.43. The maximum atomic E-state index is 16.4. The normalized spacial score (nSPS) is 24.4. The zero-order valence-electron chi connectivity index (χ0n) is 20.9. The average molecular weight is 524 g/mol. The second-order valence-electron chi connectivity index (χ2n) is 9.04. The Morgan fingerprint density at radius 3 is 2.21 bits per heavy atom. The van der Waals surface area contributed by atoms with Crippen molar-refractivity contribution in [3.63, 3.8) is 0 Å². The largest absolute Gasteiger partial charge is 0.459 e. The van der Waals surface area contributed by atoms with Crippen LogP contribution in [-0.4, -0.2) is 51.4 Å². The molecule has 0 saturated carbocycles. The molecule has 1 saturated heterocycles. The number of nitrogens with one attached hydrogen (secondary N) is 1. The minimum atomic E-state index is -2.46. The predicted octanol–water partition coefficient (Wildman–Crippen LogP) is 3.30. The van der Waals surface area contributed by atoms with E-state index < -0.39 is 53.7 Å². The van der Waals surface area contributed by atoms with Gasteiger partial charge in [-0.3, -0.25) is 14.2 Å². The fourth-order valence-corrected chi connectivity index (χ4v) is 4.21. The summed E-state index contributed by atoms with van der Waals surface area (Å²) in [7, 11) is 0. The molecule has 10 nitrogen and oxygen atoms in total. The first-order chi connectivity index (χ1) is 18.0. The molecule has 1 amide bonds. The molecule has 0 spiro atoms. The van der Waals surface area contributed by atoms with E-state index in [9.17, 15) is 19.2 Å². The Morgan fingerprint density at radius 1 is 1.03 bits per heavy atom. The van der Waals surface area contributed by atoms with Gasteiger partial charge in [0.1, 0.15) is 18.5 Å². The maximum absolute atomic E-state index is 16.4. The third-order valence-corrected chi connectivity index (χ3v) is 6.43. The molecule has 0 radical (unpaired) electrons. The molecule has 2 aromatic carbocycles. The monoisotopic (exact) mass is 523 g/mol. The summed E-state index contributed by atoms with van der Waals surface area (Å²) < 4.78 is 33.8. The first-order valence-electron chi connectivity index (χ1n) is 11.7. The van der Waals surface area contributed by atoms with Crippen LogP contribution in [0.3, 0.4) is 0 Å². The Balaban J connectivity index is 1.58. The Hall–Kier alpha value is -4.38. The number of carbonyl (C=O) groups is 3. The molecule has 0 unspecified atom stereocenters. The molecule has 1 fully saturated rings. The third kappa shape index (κ3) is 5.18. The predicted molar refractivity (Wildman–Crippen MR) is 133 cm³/mol. The highest BCUT2D eigenvalue weighted by atomic mass is 19.1. The van der Waals surface area contributed by atoms with E-state index in [1.54, 1.807) is 60.7 Å². The molecule has 4 rings (SSSR count). The van der Waals surface area contributed by atoms with Gasteiger partial charge in [-0.15, -0.1) is 0 Å². The van der Waals surface area contributed by atoms with Crippen LogP contribution in [0.5, 0.6) is 0 Å². The number of rotatable bonds is 7. The molecule has 1 aromatic heterocycles. The van der Waals surface area contributed by atoms with Gasteiger partial charge in [0.05, 0.1) is 5.56 Å². The number of esters is 2. The number of anilines is 1. The molecular formula is C27H26FN3O7. The highest BCUT2D eigenvalue weighted by Crippen LogP contribution is 2.50. The summed E-state index contributed by atoms with van der Waals surface area (Å²) in [4.78, 5) is 53.5. The van der Waals surface area contributed by atoms with E-state index in [2.05, 4.69) is 10.3 Å². The van der Waals surface area contributed by atoms with Gasteiger partial charge < -0.3 is 19.5 Å². The van der Waals surface area contributed by atoms with Gasteiger partial charge in [-0.2, -0.15) is 4.98 Å². The number of aromatic nitrogens is 2. The quantitative estimate of drug-likeness (QED) is 0.468. The zero-order chi connectivity index (χ0) is 27.5. The number of amides is 1. The highest BCUT2D eigenvalue weighted by molar-refractivity contribution is 6.03. The molecule has 1 aliphatic rings. The Labute approximate surface area is 217 Å². The summed E-state index contributed by atoms with van der Waals surface area (Å²) in [6.45, 7) is 3.08. The topological polar surface area (TPSA) is 126 Å². The molecule has 38 heavy (non-hydrogen) atoms. The van der Waals surface area contributed by atoms with Crippen LogP contribution in [0.25, 0.3) is 0 Å². The summed E-state index contributed by atoms with van der Waals surface area (Å²) in [6, 6.07) is 17.8. The van der Waals surface area contributed by atoms with Crippen LogP contribution >= 0.6 is 0 Å². The maximum Gasteiger partial charge on any atom is 0.351 e. The number of hydrogen-bond acceptors (Lipinski definition) is 8. The molecule has 1 aliphatic heterocycles. The van der Waals surface area contributed by atoms with Crippen molar-refractivity contribution in [3.05, 3.63) is 94.5 Å². The lowest BCUT2D eigenvalue weighted by Gasteiger charge is -2.36. The fourth-order valence-electron chi connectivity index (χ4n) is 4.21. The second kappa shape index (κ2) is 10.5. The summed E-state index contributed by atoms with van der Waals surface area (Å²) in [5.74, 6) is -2.00. The van der Waals surface area contributed by atoms with E-state index in [1.807, 2.05) is 0 Å². The number of carbonyl (C=O) groups excluding carboxylic acids is 3. The Morgan fingerprint density at radius 2 is 1.63 bits per heavy atom. The van der Waals surface area contributed by atoms with Crippen LogP contribution in [0.4, 0.5) is 10.2 Å². The van der Waals surface area contributed by atoms with Gasteiger partial charge in [0.15, 0.2) is 17.5 Å². The van der Waals surface area contributed by atoms with Crippen molar-refractivity contribution in [2.45, 2.75) is 44.4 Å². The molecular weight excluding hydrogens is 497 g/mol. The Bertz CT molecular complexity index is 1390. The molecule has 11 heteroatoms. The van der Waals surface area contributed by atoms with Crippen molar-refractivity contribution in [1.82, 2.24) is 9.55 Å². The molecule has 198 valence electrons. The first-order valence-corrected chi connectivity index (χ1v) is 11.7. The number of ether oxygens (including phenoxy) is 3. The first kappa shape index (κ1) is 26.7. The van der Waals surface area contributed by atoms with E-state index in [1.165, 1.54) is 19.2 Å². The Kier molecular flexibility index (Phi) is 7.40. The van der Waals surface area contributed by atoms with Crippen molar-refractivity contribution >= 4 is 23.7 Å². The van der Waals surface area contributed by atoms with Crippen LogP contribution in [0, 0.1) is 0 Å². The van der Waals surface area contributed by atoms with E-state index in [0.29, 0.717) is 5.56 Å². The van der Waals surface area contributed by atoms with Gasteiger partial charge >= 0.3 is 17.6 Å². The van der Waals surface area contributed by atoms with Gasteiger partial charge in [-0.1, -0.05) is 36.4 Å². The summed E-state index contributed by atoms with van der Waals surface area (Å²) in [5.41, 5.74) is -4.67. The van der Waals surface area contributed by atoms with Gasteiger partial charge in [0.25, 0.3) is 5.91 Å². The number of alkyl halides is 1. The molecule has 0 aliphatic carbocycles. The summed E-state index contributed by atoms with van der Waals surface area (Å²) in [6.07, 6.45) is -1.64. The SMILES string of the molecule is CC(=O)O[C@@]1(C)[C@@H](COC(=O)c2ccccc2)O[C@@H](n2ccc(NC(=O)c3ccccc3)nc2=O)[C@]1(C)F. The van der Waals surface area contributed by atoms with Gasteiger partial charge in [0.2, 0.25) is 0 Å². The average Bonchev–Trinajstić information content (AvgIpc) is 3.08. The van der Waals surface area contributed by atoms with Crippen LogP contribution in [0.15, 0.2) is 77.7 Å². The van der Waals surface area contributed by atoms with Crippen LogP contribution < -0.4 is 11.0 Å². The number of halogens is 1. The van der Waals surface area contributed by atoms with Gasteiger partial charge in [-0.25, -0.2) is 14.0 Å². The smallest absolute Gasteiger partial charge is 0.351 e. The lowest BCUT2D eigenvalue weighted by Crippen LogP contribution is -2.55. The van der Waals surface area contributed by atoms with Crippen LogP contribution in [0.1, 0.15) is 47.7 Å². The molecule has 2 heterocycles. The van der Waals surface area contributed by atoms with Crippen LogP contribution in [0.2, 0.25) is 0 Å². The van der Waals surface area contributed by atoms with E-state index in [-0.39, 0.29) is 11.4 Å². The van der Waals surface area contributed by atoms with E-state index in [4.69, 9.17) is 14.2 Å². The van der Waals surface area contributed by atoms with Crippen molar-refractivity contribution < 1.29 is 33.0 Å². The highest BCUT2D eigenvalue weighted by Gasteiger charge is 2.66. The minimum Gasteiger partial charge on any atom is -0.459 e. The van der Waals surface area contributed by atoms with E-state index >= 15 is 4.39 Å². The number of benzene rings is 2. The van der Waals surface area contributed by atoms with E-state index in [0.717, 1.165) is 18.4 Å². The van der Waals surface area contributed by atoms with Gasteiger partial charge in [-0.05, 0) is 44.2 Å². The molecule has 3 aromatic rings. The molecule has 1 N–H and O–H groups in total. The zero-order valence-corrected chi connectivity index (χ0v) is 20.9. The lowest BCUT2D eigenvalue weighted by atomic mass is 9.84. The van der Waals surface area contributed by atoms with Crippen LogP contribution in [-0.2, 0) is 19.0 Å². The van der Waals surface area contributed by atoms with Crippen molar-refractivity contribution in [2.75, 3.05) is 11.9 Å². The lowest BCUT2D eigenvalue weighted by molar-refractivity contribution is -0.175. The second-order valence-corrected chi connectivity index (χ2v) is 9.04. The summed E-state index contributed by atoms with van der Waals surface area (Å²) >= 11 is 0. The summed E-state index contributed by atoms with van der Waals surface area (Å²) in [5, 5.41) is 2.51. The molecule has 4 atom stereocenters. The number of hydrogen-bond donors (Lipinski definition) is 1. The number of nitrogens with zero attached hydrogens (tertiary/aromatic N) is 2. The minimum absolute atomic E-state index is 0.0465. The van der Waals surface area contributed by atoms with Crippen molar-refractivity contribution in [3.8, 4) is 0 Å². The van der Waals surface area contributed by atoms with Gasteiger partial charge in [0, 0.05) is 18.7 Å².